The van der Waals surface area contributed by atoms with Crippen molar-refractivity contribution in [2.24, 2.45) is 5.92 Å². The number of nitrogens with one attached hydrogen (secondary N) is 1. The zero-order valence-electron chi connectivity index (χ0n) is 20.3. The molecule has 2 heterocycles. The number of amides is 1. The number of methoxy groups -OCH3 is 2. The van der Waals surface area contributed by atoms with Crippen LogP contribution in [0.4, 0.5) is 0 Å². The maximum absolute atomic E-state index is 13.2. The van der Waals surface area contributed by atoms with E-state index >= 15 is 0 Å². The molecule has 4 rings (SSSR count). The summed E-state index contributed by atoms with van der Waals surface area (Å²) in [6, 6.07) is 13.1. The van der Waals surface area contributed by atoms with E-state index in [1.165, 1.54) is 0 Å². The molecule has 0 spiro atoms. The molecular weight excluding hydrogens is 468 g/mol. The van der Waals surface area contributed by atoms with Crippen molar-refractivity contribution in [2.75, 3.05) is 27.3 Å². The van der Waals surface area contributed by atoms with E-state index in [4.69, 9.17) is 25.6 Å². The van der Waals surface area contributed by atoms with Crippen molar-refractivity contribution in [2.45, 2.75) is 38.8 Å². The van der Waals surface area contributed by atoms with E-state index in [1.54, 1.807) is 20.3 Å². The minimum atomic E-state index is -0.107. The minimum Gasteiger partial charge on any atom is -0.493 e. The van der Waals surface area contributed by atoms with Gasteiger partial charge in [-0.25, -0.2) is 0 Å². The fourth-order valence-corrected chi connectivity index (χ4v) is 4.68. The zero-order chi connectivity index (χ0) is 24.8. The summed E-state index contributed by atoms with van der Waals surface area (Å²) >= 11 is 6.25. The molecule has 1 aliphatic rings. The second-order valence-electron chi connectivity index (χ2n) is 8.65. The van der Waals surface area contributed by atoms with Gasteiger partial charge in [0, 0.05) is 12.1 Å². The molecule has 1 aromatic heterocycles. The van der Waals surface area contributed by atoms with E-state index in [0.29, 0.717) is 41.3 Å². The number of hydrogen-bond acceptors (Lipinski definition) is 7. The van der Waals surface area contributed by atoms with E-state index in [0.717, 1.165) is 36.9 Å². The number of nitrogens with zero attached hydrogens (tertiary/aromatic N) is 3. The van der Waals surface area contributed by atoms with Gasteiger partial charge in [-0.05, 0) is 55.6 Å². The van der Waals surface area contributed by atoms with Crippen LogP contribution in [0.15, 0.2) is 47.0 Å². The van der Waals surface area contributed by atoms with Crippen LogP contribution in [0.5, 0.6) is 11.5 Å². The summed E-state index contributed by atoms with van der Waals surface area (Å²) < 4.78 is 16.2. The van der Waals surface area contributed by atoms with Gasteiger partial charge in [0.15, 0.2) is 11.5 Å². The Balaban J connectivity index is 1.38. The number of carbonyl (C=O) groups is 1. The second-order valence-corrected chi connectivity index (χ2v) is 9.06. The molecule has 1 N–H and O–H groups in total. The molecule has 2 atom stereocenters. The van der Waals surface area contributed by atoms with Gasteiger partial charge in [-0.2, -0.15) is 4.98 Å². The zero-order valence-corrected chi connectivity index (χ0v) is 21.0. The lowest BCUT2D eigenvalue weighted by atomic mass is 9.95. The van der Waals surface area contributed by atoms with Gasteiger partial charge >= 0.3 is 0 Å². The van der Waals surface area contributed by atoms with Crippen LogP contribution in [0, 0.1) is 5.92 Å². The summed E-state index contributed by atoms with van der Waals surface area (Å²) in [6.45, 7) is 4.06. The SMILES string of the molecule is CCC(NC(=O)C1CCCN(Cc2nc(-c3ccccc3Cl)no2)C1)c1ccc(OC)c(OC)c1. The summed E-state index contributed by atoms with van der Waals surface area (Å²) in [5.74, 6) is 2.24. The van der Waals surface area contributed by atoms with Gasteiger partial charge < -0.3 is 19.3 Å². The molecule has 0 radical (unpaired) electrons. The van der Waals surface area contributed by atoms with Crippen LogP contribution in [0.25, 0.3) is 11.4 Å². The lowest BCUT2D eigenvalue weighted by molar-refractivity contribution is -0.127. The van der Waals surface area contributed by atoms with Crippen LogP contribution in [-0.2, 0) is 11.3 Å². The maximum atomic E-state index is 13.2. The summed E-state index contributed by atoms with van der Waals surface area (Å²) in [5, 5.41) is 7.89. The summed E-state index contributed by atoms with van der Waals surface area (Å²) in [5.41, 5.74) is 1.73. The Bertz CT molecular complexity index is 1150. The standard InChI is InChI=1S/C26H31ClN4O4/c1-4-21(17-11-12-22(33-2)23(14-17)34-3)28-26(32)18-8-7-13-31(15-18)16-24-29-25(30-35-24)19-9-5-6-10-20(19)27/h5-6,9-12,14,18,21H,4,7-8,13,15-16H2,1-3H3,(H,28,32). The van der Waals surface area contributed by atoms with Gasteiger partial charge in [-0.3, -0.25) is 9.69 Å². The van der Waals surface area contributed by atoms with Gasteiger partial charge in [-0.15, -0.1) is 0 Å². The monoisotopic (exact) mass is 498 g/mol. The first-order chi connectivity index (χ1) is 17.0. The van der Waals surface area contributed by atoms with Crippen molar-refractivity contribution in [1.29, 1.82) is 0 Å². The third-order valence-electron chi connectivity index (χ3n) is 6.35. The molecule has 1 fully saturated rings. The first-order valence-electron chi connectivity index (χ1n) is 11.8. The molecule has 186 valence electrons. The molecule has 0 bridgehead atoms. The highest BCUT2D eigenvalue weighted by Crippen LogP contribution is 2.31. The van der Waals surface area contributed by atoms with Gasteiger partial charge in [0.2, 0.25) is 17.6 Å². The first-order valence-corrected chi connectivity index (χ1v) is 12.2. The molecule has 9 heteroatoms. The van der Waals surface area contributed by atoms with Gasteiger partial charge in [0.25, 0.3) is 0 Å². The summed E-state index contributed by atoms with van der Waals surface area (Å²) in [7, 11) is 3.22. The average Bonchev–Trinajstić information content (AvgIpc) is 3.35. The molecule has 0 saturated carbocycles. The van der Waals surface area contributed by atoms with Crippen molar-refractivity contribution in [3.05, 3.63) is 58.9 Å². The maximum Gasteiger partial charge on any atom is 0.241 e. The predicted molar refractivity (Wildman–Crippen MR) is 133 cm³/mol. The number of benzene rings is 2. The average molecular weight is 499 g/mol. The molecule has 2 aromatic carbocycles. The Morgan fingerprint density at radius 2 is 2.03 bits per heavy atom. The van der Waals surface area contributed by atoms with E-state index in [-0.39, 0.29) is 17.9 Å². The Kier molecular flexibility index (Phi) is 8.25. The molecule has 1 saturated heterocycles. The highest BCUT2D eigenvalue weighted by atomic mass is 35.5. The van der Waals surface area contributed by atoms with Crippen molar-refractivity contribution in [3.63, 3.8) is 0 Å². The van der Waals surface area contributed by atoms with E-state index in [2.05, 4.69) is 27.3 Å². The van der Waals surface area contributed by atoms with Crippen LogP contribution in [0.2, 0.25) is 5.02 Å². The quantitative estimate of drug-likeness (QED) is 0.449. The summed E-state index contributed by atoms with van der Waals surface area (Å²) in [6.07, 6.45) is 2.54. The second kappa shape index (κ2) is 11.6. The molecule has 2 unspecified atom stereocenters. The third-order valence-corrected chi connectivity index (χ3v) is 6.68. The number of hydrogen-bond donors (Lipinski definition) is 1. The lowest BCUT2D eigenvalue weighted by Crippen LogP contribution is -2.43. The molecule has 1 aliphatic heterocycles. The Hall–Kier alpha value is -3.10. The van der Waals surface area contributed by atoms with Crippen molar-refractivity contribution < 1.29 is 18.8 Å². The van der Waals surface area contributed by atoms with Gasteiger partial charge in [0.05, 0.1) is 37.7 Å². The minimum absolute atomic E-state index is 0.0543. The van der Waals surface area contributed by atoms with Crippen molar-refractivity contribution in [3.8, 4) is 22.9 Å². The smallest absolute Gasteiger partial charge is 0.241 e. The number of aromatic nitrogens is 2. The van der Waals surface area contributed by atoms with Crippen molar-refractivity contribution in [1.82, 2.24) is 20.4 Å². The van der Waals surface area contributed by atoms with Crippen LogP contribution in [-0.4, -0.2) is 48.3 Å². The van der Waals surface area contributed by atoms with Crippen LogP contribution in [0.1, 0.15) is 43.7 Å². The number of ether oxygens (including phenoxy) is 2. The Labute approximate surface area is 210 Å². The highest BCUT2D eigenvalue weighted by molar-refractivity contribution is 6.33. The lowest BCUT2D eigenvalue weighted by Gasteiger charge is -2.32. The van der Waals surface area contributed by atoms with E-state index in [9.17, 15) is 4.79 Å². The van der Waals surface area contributed by atoms with Crippen molar-refractivity contribution >= 4 is 17.5 Å². The fraction of sp³-hybridized carbons (Fsp3) is 0.423. The molecule has 1 amide bonds. The molecule has 8 nitrogen and oxygen atoms in total. The number of piperidine rings is 1. The highest BCUT2D eigenvalue weighted by Gasteiger charge is 2.28. The third kappa shape index (κ3) is 5.94. The normalized spacial score (nSPS) is 17.1. The number of rotatable bonds is 9. The summed E-state index contributed by atoms with van der Waals surface area (Å²) in [4.78, 5) is 19.9. The Morgan fingerprint density at radius 1 is 1.23 bits per heavy atom. The first kappa shape index (κ1) is 25.0. The van der Waals surface area contributed by atoms with Gasteiger partial charge in [-0.1, -0.05) is 41.9 Å². The largest absolute Gasteiger partial charge is 0.493 e. The van der Waals surface area contributed by atoms with Crippen LogP contribution < -0.4 is 14.8 Å². The predicted octanol–water partition coefficient (Wildman–Crippen LogP) is 4.89. The molecule has 0 aliphatic carbocycles. The molecule has 35 heavy (non-hydrogen) atoms. The topological polar surface area (TPSA) is 89.7 Å². The molecule has 3 aromatic rings. The number of likely N-dealkylation sites (tertiary alicyclic amines) is 1. The van der Waals surface area contributed by atoms with E-state index < -0.39 is 0 Å². The van der Waals surface area contributed by atoms with Crippen LogP contribution >= 0.6 is 11.6 Å². The number of halogens is 1. The molecular formula is C26H31ClN4O4. The Morgan fingerprint density at radius 3 is 2.77 bits per heavy atom. The fourth-order valence-electron chi connectivity index (χ4n) is 4.46. The van der Waals surface area contributed by atoms with Gasteiger partial charge in [0.1, 0.15) is 0 Å². The van der Waals surface area contributed by atoms with E-state index in [1.807, 2.05) is 36.4 Å². The number of carbonyl (C=O) groups excluding carboxylic acids is 1. The van der Waals surface area contributed by atoms with Crippen LogP contribution in [0.3, 0.4) is 0 Å².